The Hall–Kier alpha value is -1.59. The molecular formula is C15H22N2O3. The van der Waals surface area contributed by atoms with Crippen molar-refractivity contribution in [3.05, 3.63) is 29.3 Å². The number of hydrogen-bond acceptors (Lipinski definition) is 4. The van der Waals surface area contributed by atoms with Gasteiger partial charge in [0.15, 0.2) is 0 Å². The largest absolute Gasteiger partial charge is 0.507 e. The van der Waals surface area contributed by atoms with Gasteiger partial charge in [-0.05, 0) is 44.1 Å². The SMILES string of the molecule is CN1CCN(CCCc2ccc(O)c(C(=O)O)c2)CC1. The van der Waals surface area contributed by atoms with E-state index in [0.717, 1.165) is 51.1 Å². The van der Waals surface area contributed by atoms with Gasteiger partial charge in [0.1, 0.15) is 11.3 Å². The van der Waals surface area contributed by atoms with Crippen molar-refractivity contribution in [2.24, 2.45) is 0 Å². The maximum atomic E-state index is 11.0. The third-order valence-electron chi connectivity index (χ3n) is 3.83. The molecule has 0 radical (unpaired) electrons. The number of likely N-dealkylation sites (N-methyl/N-ethyl adjacent to an activating group) is 1. The van der Waals surface area contributed by atoms with E-state index >= 15 is 0 Å². The first kappa shape index (κ1) is 14.8. The molecule has 1 aliphatic rings. The summed E-state index contributed by atoms with van der Waals surface area (Å²) in [5.41, 5.74) is 0.955. The number of carbonyl (C=O) groups is 1. The van der Waals surface area contributed by atoms with Crippen LogP contribution in [0.15, 0.2) is 18.2 Å². The fourth-order valence-corrected chi connectivity index (χ4v) is 2.49. The second-order valence-corrected chi connectivity index (χ2v) is 5.41. The van der Waals surface area contributed by atoms with Crippen molar-refractivity contribution in [1.82, 2.24) is 9.80 Å². The number of aryl methyl sites for hydroxylation is 1. The number of piperazine rings is 1. The first-order chi connectivity index (χ1) is 9.56. The summed E-state index contributed by atoms with van der Waals surface area (Å²) >= 11 is 0. The van der Waals surface area contributed by atoms with Gasteiger partial charge >= 0.3 is 5.97 Å². The van der Waals surface area contributed by atoms with Crippen LogP contribution in [0.2, 0.25) is 0 Å². The lowest BCUT2D eigenvalue weighted by atomic mass is 10.1. The number of nitrogens with zero attached hydrogens (tertiary/aromatic N) is 2. The Kier molecular flexibility index (Phi) is 4.98. The van der Waals surface area contributed by atoms with E-state index in [2.05, 4.69) is 16.8 Å². The highest BCUT2D eigenvalue weighted by molar-refractivity contribution is 5.90. The van der Waals surface area contributed by atoms with Crippen LogP contribution in [0.4, 0.5) is 0 Å². The Morgan fingerprint density at radius 3 is 2.60 bits per heavy atom. The number of aromatic hydroxyl groups is 1. The zero-order valence-corrected chi connectivity index (χ0v) is 11.9. The highest BCUT2D eigenvalue weighted by atomic mass is 16.4. The Morgan fingerprint density at radius 2 is 1.95 bits per heavy atom. The molecule has 2 N–H and O–H groups in total. The second kappa shape index (κ2) is 6.72. The van der Waals surface area contributed by atoms with Crippen molar-refractivity contribution in [2.75, 3.05) is 39.8 Å². The molecule has 0 bridgehead atoms. The van der Waals surface area contributed by atoms with Gasteiger partial charge in [-0.3, -0.25) is 0 Å². The number of aromatic carboxylic acids is 1. The lowest BCUT2D eigenvalue weighted by Gasteiger charge is -2.32. The summed E-state index contributed by atoms with van der Waals surface area (Å²) in [6.07, 6.45) is 1.85. The monoisotopic (exact) mass is 278 g/mol. The molecule has 0 amide bonds. The van der Waals surface area contributed by atoms with Gasteiger partial charge in [0, 0.05) is 26.2 Å². The van der Waals surface area contributed by atoms with E-state index in [1.165, 1.54) is 6.07 Å². The van der Waals surface area contributed by atoms with Gasteiger partial charge in [-0.15, -0.1) is 0 Å². The number of hydrogen-bond donors (Lipinski definition) is 2. The smallest absolute Gasteiger partial charge is 0.339 e. The van der Waals surface area contributed by atoms with Crippen LogP contribution in [0, 0.1) is 0 Å². The topological polar surface area (TPSA) is 64.0 Å². The highest BCUT2D eigenvalue weighted by Crippen LogP contribution is 2.19. The standard InChI is InChI=1S/C15H22N2O3/c1-16-7-9-17(10-8-16)6-2-3-12-4-5-14(18)13(11-12)15(19)20/h4-5,11,18H,2-3,6-10H2,1H3,(H,19,20). The zero-order valence-electron chi connectivity index (χ0n) is 11.9. The van der Waals surface area contributed by atoms with Crippen molar-refractivity contribution in [3.8, 4) is 5.75 Å². The summed E-state index contributed by atoms with van der Waals surface area (Å²) in [5.74, 6) is -1.25. The van der Waals surface area contributed by atoms with Gasteiger partial charge in [-0.1, -0.05) is 6.07 Å². The Balaban J connectivity index is 1.82. The minimum atomic E-state index is -1.08. The minimum absolute atomic E-state index is 0.0119. The van der Waals surface area contributed by atoms with Gasteiger partial charge in [0.25, 0.3) is 0 Å². The zero-order chi connectivity index (χ0) is 14.5. The van der Waals surface area contributed by atoms with Crippen LogP contribution in [0.3, 0.4) is 0 Å². The molecule has 2 rings (SSSR count). The van der Waals surface area contributed by atoms with Crippen LogP contribution in [0.1, 0.15) is 22.3 Å². The van der Waals surface area contributed by atoms with Crippen LogP contribution in [0.5, 0.6) is 5.75 Å². The molecule has 0 spiro atoms. The maximum Gasteiger partial charge on any atom is 0.339 e. The minimum Gasteiger partial charge on any atom is -0.507 e. The first-order valence-corrected chi connectivity index (χ1v) is 7.02. The molecule has 0 saturated carbocycles. The molecule has 0 unspecified atom stereocenters. The van der Waals surface area contributed by atoms with Crippen molar-refractivity contribution in [1.29, 1.82) is 0 Å². The van der Waals surface area contributed by atoms with Gasteiger partial charge < -0.3 is 20.0 Å². The molecule has 1 fully saturated rings. The molecule has 110 valence electrons. The summed E-state index contributed by atoms with van der Waals surface area (Å²) in [7, 11) is 2.14. The molecule has 0 atom stereocenters. The van der Waals surface area contributed by atoms with Crippen LogP contribution in [-0.4, -0.2) is 65.8 Å². The third-order valence-corrected chi connectivity index (χ3v) is 3.83. The fourth-order valence-electron chi connectivity index (χ4n) is 2.49. The van der Waals surface area contributed by atoms with Crippen LogP contribution < -0.4 is 0 Å². The predicted molar refractivity (Wildman–Crippen MR) is 77.3 cm³/mol. The average Bonchev–Trinajstić information content (AvgIpc) is 2.42. The number of carboxylic acid groups (broad SMARTS) is 1. The lowest BCUT2D eigenvalue weighted by molar-refractivity contribution is 0.0693. The summed E-state index contributed by atoms with van der Waals surface area (Å²) in [6, 6.07) is 4.84. The van der Waals surface area contributed by atoms with Gasteiger partial charge in [0.05, 0.1) is 0 Å². The van der Waals surface area contributed by atoms with E-state index < -0.39 is 5.97 Å². The lowest BCUT2D eigenvalue weighted by Crippen LogP contribution is -2.44. The van der Waals surface area contributed by atoms with E-state index in [9.17, 15) is 9.90 Å². The van der Waals surface area contributed by atoms with E-state index in [1.807, 2.05) is 0 Å². The molecular weight excluding hydrogens is 256 g/mol. The normalized spacial score (nSPS) is 17.2. The molecule has 5 nitrogen and oxygen atoms in total. The summed E-state index contributed by atoms with van der Waals surface area (Å²) < 4.78 is 0. The fraction of sp³-hybridized carbons (Fsp3) is 0.533. The highest BCUT2D eigenvalue weighted by Gasteiger charge is 2.13. The Morgan fingerprint density at radius 1 is 1.25 bits per heavy atom. The second-order valence-electron chi connectivity index (χ2n) is 5.41. The molecule has 1 aliphatic heterocycles. The van der Waals surface area contributed by atoms with Crippen molar-refractivity contribution >= 4 is 5.97 Å². The van der Waals surface area contributed by atoms with Gasteiger partial charge in [-0.2, -0.15) is 0 Å². The van der Waals surface area contributed by atoms with Crippen molar-refractivity contribution in [3.63, 3.8) is 0 Å². The molecule has 1 heterocycles. The Labute approximate surface area is 119 Å². The molecule has 5 heteroatoms. The molecule has 1 aromatic rings. The molecule has 1 saturated heterocycles. The van der Waals surface area contributed by atoms with Crippen LogP contribution >= 0.6 is 0 Å². The summed E-state index contributed by atoms with van der Waals surface area (Å²) in [6.45, 7) is 5.47. The van der Waals surface area contributed by atoms with E-state index in [-0.39, 0.29) is 11.3 Å². The quantitative estimate of drug-likeness (QED) is 0.849. The van der Waals surface area contributed by atoms with Crippen molar-refractivity contribution in [2.45, 2.75) is 12.8 Å². The third kappa shape index (κ3) is 3.95. The van der Waals surface area contributed by atoms with Crippen molar-refractivity contribution < 1.29 is 15.0 Å². The molecule has 20 heavy (non-hydrogen) atoms. The molecule has 1 aromatic carbocycles. The first-order valence-electron chi connectivity index (χ1n) is 7.02. The number of rotatable bonds is 5. The average molecular weight is 278 g/mol. The molecule has 0 aromatic heterocycles. The maximum absolute atomic E-state index is 11.0. The van der Waals surface area contributed by atoms with Crippen LogP contribution in [-0.2, 0) is 6.42 Å². The van der Waals surface area contributed by atoms with E-state index in [4.69, 9.17) is 5.11 Å². The van der Waals surface area contributed by atoms with Crippen LogP contribution in [0.25, 0.3) is 0 Å². The number of phenols is 1. The molecule has 0 aliphatic carbocycles. The predicted octanol–water partition coefficient (Wildman–Crippen LogP) is 1.27. The van der Waals surface area contributed by atoms with Gasteiger partial charge in [-0.25, -0.2) is 4.79 Å². The van der Waals surface area contributed by atoms with Gasteiger partial charge in [0.2, 0.25) is 0 Å². The summed E-state index contributed by atoms with van der Waals surface area (Å²) in [4.78, 5) is 15.7. The Bertz CT molecular complexity index is 468. The number of benzene rings is 1. The number of carboxylic acids is 1. The summed E-state index contributed by atoms with van der Waals surface area (Å²) in [5, 5.41) is 18.4. The van der Waals surface area contributed by atoms with E-state index in [1.54, 1.807) is 12.1 Å². The van der Waals surface area contributed by atoms with E-state index in [0.29, 0.717) is 0 Å².